The molecule has 0 bridgehead atoms. The van der Waals surface area contributed by atoms with Crippen molar-refractivity contribution in [3.05, 3.63) is 23.8 Å². The summed E-state index contributed by atoms with van der Waals surface area (Å²) in [5.74, 6) is 0.786. The minimum absolute atomic E-state index is 0. The summed E-state index contributed by atoms with van der Waals surface area (Å²) in [5, 5.41) is 13.5. The summed E-state index contributed by atoms with van der Waals surface area (Å²) < 4.78 is 5.13. The van der Waals surface area contributed by atoms with Gasteiger partial charge in [0.15, 0.2) is 11.5 Å². The highest BCUT2D eigenvalue weighted by Crippen LogP contribution is 2.36. The van der Waals surface area contributed by atoms with Crippen LogP contribution in [-0.2, 0) is 6.54 Å². The number of nitrogens with one attached hydrogen (secondary N) is 1. The summed E-state index contributed by atoms with van der Waals surface area (Å²) in [4.78, 5) is 2.63. The van der Waals surface area contributed by atoms with Crippen molar-refractivity contribution in [3.8, 4) is 11.5 Å². The minimum atomic E-state index is 0. The second-order valence-electron chi connectivity index (χ2n) is 6.39. The number of aromatic hydroxyl groups is 1. The zero-order chi connectivity index (χ0) is 14.7. The average Bonchev–Trinajstić information content (AvgIpc) is 2.51. The Balaban J connectivity index is 0.00000176. The molecule has 1 saturated carbocycles. The molecular formula is C17H27ClN2O2. The van der Waals surface area contributed by atoms with Gasteiger partial charge in [-0.25, -0.2) is 0 Å². The van der Waals surface area contributed by atoms with Crippen LogP contribution in [0.15, 0.2) is 18.2 Å². The van der Waals surface area contributed by atoms with Crippen molar-refractivity contribution in [2.75, 3.05) is 26.7 Å². The van der Waals surface area contributed by atoms with Crippen LogP contribution in [0.5, 0.6) is 11.5 Å². The lowest BCUT2D eigenvalue weighted by atomic mass is 9.79. The zero-order valence-corrected chi connectivity index (χ0v) is 14.1. The maximum atomic E-state index is 9.97. The van der Waals surface area contributed by atoms with Crippen LogP contribution in [0.3, 0.4) is 0 Å². The van der Waals surface area contributed by atoms with E-state index in [9.17, 15) is 5.11 Å². The van der Waals surface area contributed by atoms with Gasteiger partial charge in [-0.1, -0.05) is 25.3 Å². The van der Waals surface area contributed by atoms with Crippen LogP contribution in [0.2, 0.25) is 0 Å². The highest BCUT2D eigenvalue weighted by atomic mass is 35.5. The van der Waals surface area contributed by atoms with Gasteiger partial charge in [-0.05, 0) is 30.5 Å². The lowest BCUT2D eigenvalue weighted by Crippen LogP contribution is -2.61. The summed E-state index contributed by atoms with van der Waals surface area (Å²) >= 11 is 0. The first kappa shape index (κ1) is 17.4. The van der Waals surface area contributed by atoms with E-state index < -0.39 is 0 Å². The van der Waals surface area contributed by atoms with Gasteiger partial charge in [0, 0.05) is 31.7 Å². The number of ether oxygens (including phenoxy) is 1. The molecule has 5 heteroatoms. The van der Waals surface area contributed by atoms with E-state index in [4.69, 9.17) is 4.74 Å². The Kier molecular flexibility index (Phi) is 5.95. The van der Waals surface area contributed by atoms with Crippen molar-refractivity contribution in [2.45, 2.75) is 44.2 Å². The van der Waals surface area contributed by atoms with Crippen LogP contribution in [-0.4, -0.2) is 42.3 Å². The fourth-order valence-corrected chi connectivity index (χ4v) is 3.89. The van der Waals surface area contributed by atoms with E-state index in [-0.39, 0.29) is 18.2 Å². The monoisotopic (exact) mass is 326 g/mol. The second kappa shape index (κ2) is 7.53. The highest BCUT2D eigenvalue weighted by Gasteiger charge is 2.39. The molecule has 0 atom stereocenters. The topological polar surface area (TPSA) is 44.7 Å². The minimum Gasteiger partial charge on any atom is -0.504 e. The van der Waals surface area contributed by atoms with Gasteiger partial charge in [-0.2, -0.15) is 0 Å². The molecule has 0 amide bonds. The van der Waals surface area contributed by atoms with Crippen LogP contribution in [0.25, 0.3) is 0 Å². The van der Waals surface area contributed by atoms with Crippen molar-refractivity contribution in [3.63, 3.8) is 0 Å². The van der Waals surface area contributed by atoms with Crippen LogP contribution in [0.1, 0.15) is 37.7 Å². The fraction of sp³-hybridized carbons (Fsp3) is 0.647. The van der Waals surface area contributed by atoms with Crippen molar-refractivity contribution < 1.29 is 9.84 Å². The molecule has 1 aliphatic heterocycles. The molecule has 1 aliphatic carbocycles. The first-order valence-corrected chi connectivity index (χ1v) is 8.05. The Morgan fingerprint density at radius 3 is 2.73 bits per heavy atom. The quantitative estimate of drug-likeness (QED) is 0.896. The van der Waals surface area contributed by atoms with Gasteiger partial charge < -0.3 is 15.2 Å². The van der Waals surface area contributed by atoms with E-state index in [2.05, 4.69) is 16.3 Å². The van der Waals surface area contributed by atoms with E-state index in [0.717, 1.165) is 26.2 Å². The smallest absolute Gasteiger partial charge is 0.160 e. The second-order valence-corrected chi connectivity index (χ2v) is 6.39. The van der Waals surface area contributed by atoms with Gasteiger partial charge >= 0.3 is 0 Å². The van der Waals surface area contributed by atoms with Crippen LogP contribution >= 0.6 is 12.4 Å². The van der Waals surface area contributed by atoms with Gasteiger partial charge in [0.25, 0.3) is 0 Å². The molecule has 1 aromatic rings. The first-order chi connectivity index (χ1) is 10.2. The molecule has 0 unspecified atom stereocenters. The normalized spacial score (nSPS) is 21.3. The third-order valence-corrected chi connectivity index (χ3v) is 5.08. The van der Waals surface area contributed by atoms with Crippen LogP contribution in [0.4, 0.5) is 0 Å². The van der Waals surface area contributed by atoms with Crippen molar-refractivity contribution in [2.24, 2.45) is 0 Å². The van der Waals surface area contributed by atoms with Gasteiger partial charge in [0.2, 0.25) is 0 Å². The van der Waals surface area contributed by atoms with Crippen molar-refractivity contribution in [1.29, 1.82) is 0 Å². The first-order valence-electron chi connectivity index (χ1n) is 8.05. The van der Waals surface area contributed by atoms with Gasteiger partial charge in [-0.15, -0.1) is 12.4 Å². The van der Waals surface area contributed by atoms with Crippen molar-refractivity contribution in [1.82, 2.24) is 10.2 Å². The number of piperazine rings is 1. The maximum Gasteiger partial charge on any atom is 0.160 e. The number of rotatable bonds is 3. The number of nitrogens with zero attached hydrogens (tertiary/aromatic N) is 1. The molecule has 124 valence electrons. The molecule has 2 fully saturated rings. The molecule has 4 nitrogen and oxygen atoms in total. The summed E-state index contributed by atoms with van der Waals surface area (Å²) in [6, 6.07) is 5.77. The van der Waals surface area contributed by atoms with E-state index in [1.807, 2.05) is 12.1 Å². The summed E-state index contributed by atoms with van der Waals surface area (Å²) in [5.41, 5.74) is 1.49. The third kappa shape index (κ3) is 3.50. The number of hydrogen-bond acceptors (Lipinski definition) is 4. The Morgan fingerprint density at radius 2 is 2.05 bits per heavy atom. The standard InChI is InChI=1S/C17H26N2O2.ClH/c1-21-16-6-5-14(11-15(16)20)12-19-10-9-18-13-17(19)7-3-2-4-8-17;/h5-6,11,18,20H,2-4,7-10,12-13H2,1H3;1H. The lowest BCUT2D eigenvalue weighted by molar-refractivity contribution is 0.0208. The maximum absolute atomic E-state index is 9.97. The molecule has 1 aromatic carbocycles. The molecule has 2 N–H and O–H groups in total. The van der Waals surface area contributed by atoms with Crippen LogP contribution < -0.4 is 10.1 Å². The highest BCUT2D eigenvalue weighted by molar-refractivity contribution is 5.85. The molecule has 3 rings (SSSR count). The number of phenols is 1. The summed E-state index contributed by atoms with van der Waals surface area (Å²) in [6.45, 7) is 4.17. The SMILES string of the molecule is COc1ccc(CN2CCNCC23CCCCC3)cc1O.Cl. The average molecular weight is 327 g/mol. The fourth-order valence-electron chi connectivity index (χ4n) is 3.89. The Morgan fingerprint density at radius 1 is 1.27 bits per heavy atom. The van der Waals surface area contributed by atoms with Gasteiger partial charge in [-0.3, -0.25) is 4.90 Å². The van der Waals surface area contributed by atoms with E-state index >= 15 is 0 Å². The molecule has 1 heterocycles. The molecule has 2 aliphatic rings. The largest absolute Gasteiger partial charge is 0.504 e. The van der Waals surface area contributed by atoms with E-state index in [1.165, 1.54) is 37.7 Å². The van der Waals surface area contributed by atoms with Crippen molar-refractivity contribution >= 4 is 12.4 Å². The summed E-state index contributed by atoms with van der Waals surface area (Å²) in [6.07, 6.45) is 6.64. The number of halogens is 1. The molecule has 22 heavy (non-hydrogen) atoms. The Hall–Kier alpha value is -0.970. The third-order valence-electron chi connectivity index (χ3n) is 5.08. The number of benzene rings is 1. The van der Waals surface area contributed by atoms with Crippen LogP contribution in [0, 0.1) is 0 Å². The molecule has 1 spiro atoms. The van der Waals surface area contributed by atoms with E-state index in [1.54, 1.807) is 7.11 Å². The van der Waals surface area contributed by atoms with Gasteiger partial charge in [0.1, 0.15) is 0 Å². The summed E-state index contributed by atoms with van der Waals surface area (Å²) in [7, 11) is 1.59. The molecule has 0 aromatic heterocycles. The Bertz CT molecular complexity index is 481. The molecular weight excluding hydrogens is 300 g/mol. The number of methoxy groups -OCH3 is 1. The molecule has 1 saturated heterocycles. The zero-order valence-electron chi connectivity index (χ0n) is 13.3. The van der Waals surface area contributed by atoms with E-state index in [0.29, 0.717) is 11.3 Å². The number of hydrogen-bond donors (Lipinski definition) is 2. The van der Waals surface area contributed by atoms with Gasteiger partial charge in [0.05, 0.1) is 7.11 Å². The Labute approximate surface area is 139 Å². The lowest BCUT2D eigenvalue weighted by Gasteiger charge is -2.50. The predicted molar refractivity (Wildman–Crippen MR) is 91.0 cm³/mol. The molecule has 0 radical (unpaired) electrons. The number of phenolic OH excluding ortho intramolecular Hbond substituents is 1. The predicted octanol–water partition coefficient (Wildman–Crippen LogP) is 2.93.